The van der Waals surface area contributed by atoms with Gasteiger partial charge in [-0.1, -0.05) is 57.5 Å². The Bertz CT molecular complexity index is 1970. The van der Waals surface area contributed by atoms with Crippen LogP contribution in [0.2, 0.25) is 0 Å². The molecule has 0 saturated heterocycles. The van der Waals surface area contributed by atoms with Crippen LogP contribution in [0.25, 0.3) is 0 Å². The fourth-order valence-corrected chi connectivity index (χ4v) is 16.6. The zero-order valence-corrected chi connectivity index (χ0v) is 36.9. The van der Waals surface area contributed by atoms with E-state index in [1.54, 1.807) is 17.0 Å². The number of hydrogen-bond donors (Lipinski definition) is 2. The molecular weight excluding hydrogens is 760 g/mol. The van der Waals surface area contributed by atoms with Crippen molar-refractivity contribution in [3.8, 4) is 0 Å². The molecule has 56 heavy (non-hydrogen) atoms. The minimum Gasteiger partial charge on any atom is -0.390 e. The number of fused-ring (bicyclic) bond motifs is 10. The van der Waals surface area contributed by atoms with Crippen LogP contribution >= 0.6 is 15.9 Å². The van der Waals surface area contributed by atoms with Crippen molar-refractivity contribution >= 4 is 27.5 Å². The summed E-state index contributed by atoms with van der Waals surface area (Å²) in [5, 5.41) is 20.0. The van der Waals surface area contributed by atoms with Gasteiger partial charge in [-0.25, -0.2) is 4.98 Å². The fraction of sp³-hybridized carbons (Fsp3) is 0.898. The summed E-state index contributed by atoms with van der Waals surface area (Å²) in [4.78, 5) is 30.3. The summed E-state index contributed by atoms with van der Waals surface area (Å²) in [7, 11) is 0. The topological polar surface area (TPSA) is 92.4 Å². The molecule has 0 radical (unpaired) electrons. The molecule has 0 unspecified atom stereocenters. The highest BCUT2D eigenvalue weighted by molar-refractivity contribution is 9.09. The molecule has 1 aromatic rings. The number of carbonyl (C=O) groups is 2. The minimum absolute atomic E-state index is 0.0422. The summed E-state index contributed by atoms with van der Waals surface area (Å²) < 4.78 is 67.2. The molecule has 7 heteroatoms. The van der Waals surface area contributed by atoms with Gasteiger partial charge in [0, 0.05) is 33.8 Å². The van der Waals surface area contributed by atoms with Gasteiger partial charge in [0.2, 0.25) is 0 Å². The van der Waals surface area contributed by atoms with E-state index in [0.29, 0.717) is 73.5 Å². The van der Waals surface area contributed by atoms with Crippen molar-refractivity contribution in [2.75, 3.05) is 5.28 Å². The molecule has 0 amide bonds. The van der Waals surface area contributed by atoms with Crippen LogP contribution in [0.4, 0.5) is 0 Å². The second-order valence-corrected chi connectivity index (χ2v) is 21.9. The van der Waals surface area contributed by atoms with E-state index in [1.807, 2.05) is 0 Å². The number of alkyl halides is 1. The number of Topliss-reactive ketones (excluding diaryl/α,β-unsaturated/α-hetero) is 2. The Kier molecular flexibility index (Phi) is 8.84. The van der Waals surface area contributed by atoms with E-state index in [9.17, 15) is 19.8 Å². The Morgan fingerprint density at radius 3 is 1.75 bits per heavy atom. The van der Waals surface area contributed by atoms with Gasteiger partial charge in [-0.2, -0.15) is 0 Å². The summed E-state index contributed by atoms with van der Waals surface area (Å²) >= 11 is 2.89. The molecular formula is C49H77BrN2O4. The molecule has 16 atom stereocenters. The SMILES string of the molecule is [2H]C([2H])(Br)C(=O)[C@@]1([2H])CC[C@H]2[C@@H]3CC[C@H]4C[C@@](O)(C([2H])([2H])C)CC[C@]4(C)[C@H]3CC[C@@]21C.[2H]c1nccn1CC(=O)[C@H]1CC[C@H]2[C@@H]3CC[C@H]4C[C@@](O)(C([2H])([2H])C)CC[C@]4(C)[C@H]3CC[C@]12C. The normalized spacial score (nSPS) is 54.7. The predicted molar refractivity (Wildman–Crippen MR) is 227 cm³/mol. The van der Waals surface area contributed by atoms with E-state index in [4.69, 9.17) is 11.0 Å². The van der Waals surface area contributed by atoms with Crippen LogP contribution < -0.4 is 0 Å². The molecule has 1 heterocycles. The van der Waals surface area contributed by atoms with Crippen molar-refractivity contribution in [3.05, 3.63) is 18.7 Å². The second-order valence-electron chi connectivity index (χ2n) is 21.5. The van der Waals surface area contributed by atoms with E-state index in [1.165, 1.54) is 13.8 Å². The predicted octanol–water partition coefficient (Wildman–Crippen LogP) is 11.0. The Morgan fingerprint density at radius 2 is 1.23 bits per heavy atom. The summed E-state index contributed by atoms with van der Waals surface area (Å²) in [6, 6.07) is 0. The van der Waals surface area contributed by atoms with Gasteiger partial charge in [-0.05, 0) is 197 Å². The maximum atomic E-state index is 13.3. The maximum Gasteiger partial charge on any atom is 0.156 e. The first-order valence-corrected chi connectivity index (χ1v) is 23.4. The van der Waals surface area contributed by atoms with E-state index in [-0.39, 0.29) is 46.7 Å². The average molecular weight is 846 g/mol. The van der Waals surface area contributed by atoms with Crippen LogP contribution in [0, 0.1) is 80.8 Å². The number of aliphatic hydroxyl groups is 2. The molecule has 0 aromatic carbocycles. The van der Waals surface area contributed by atoms with Crippen LogP contribution in [-0.2, 0) is 16.1 Å². The van der Waals surface area contributed by atoms with Crippen LogP contribution in [-0.4, -0.2) is 47.8 Å². The van der Waals surface area contributed by atoms with E-state index >= 15 is 0 Å². The van der Waals surface area contributed by atoms with Gasteiger partial charge < -0.3 is 14.8 Å². The second kappa shape index (κ2) is 15.1. The zero-order chi connectivity index (χ0) is 47.1. The van der Waals surface area contributed by atoms with Crippen LogP contribution in [0.3, 0.4) is 0 Å². The molecule has 2 N–H and O–H groups in total. The number of imidazole rings is 1. The summed E-state index contributed by atoms with van der Waals surface area (Å²) in [5.74, 6) is 1.95. The number of ketones is 2. The van der Waals surface area contributed by atoms with Gasteiger partial charge in [0.05, 0.1) is 29.3 Å². The molecule has 0 bridgehead atoms. The smallest absolute Gasteiger partial charge is 0.156 e. The highest BCUT2D eigenvalue weighted by Gasteiger charge is 2.63. The standard InChI is InChI=1S/C26H40N2O2.C23H37BrO2/c1-4-26(30)12-11-24(2)18(15-26)5-6-19-20-7-8-22(25(20,3)10-9-21(19)24)23(29)16-28-14-13-27-17-28;1-4-23(26)12-11-21(2)15(13-23)5-6-16-17-7-8-19(20(25)14-24)22(17,3)10-9-18(16)21/h13-14,17-22,30H,4-12,15-16H2,1-3H3;15-19,26H,4-14H2,1-3H3/t18-,19-,20-,21-,22+,24-,25-,26+;15-,16-,17-,18-,19+,21-,22-,23+/m00/s1/i4D2,17D;4D2,14D2,19D. The average Bonchev–Trinajstić information content (AvgIpc) is 3.86. The van der Waals surface area contributed by atoms with Crippen LogP contribution in [0.1, 0.15) is 181 Å². The van der Waals surface area contributed by atoms with Gasteiger partial charge in [-0.15, -0.1) is 0 Å². The van der Waals surface area contributed by atoms with Crippen molar-refractivity contribution in [3.63, 3.8) is 0 Å². The Balaban J connectivity index is 0.000000175. The monoisotopic (exact) mass is 845 g/mol. The summed E-state index contributed by atoms with van der Waals surface area (Å²) in [5.41, 5.74) is -2.71. The molecule has 0 spiro atoms. The third-order valence-corrected chi connectivity index (χ3v) is 20.1. The van der Waals surface area contributed by atoms with E-state index < -0.39 is 46.3 Å². The lowest BCUT2D eigenvalue weighted by atomic mass is 9.43. The van der Waals surface area contributed by atoms with Crippen LogP contribution in [0.15, 0.2) is 18.7 Å². The van der Waals surface area contributed by atoms with E-state index in [0.717, 1.165) is 83.5 Å². The molecule has 6 nitrogen and oxygen atoms in total. The molecule has 8 aliphatic carbocycles. The number of carbonyl (C=O) groups excluding carboxylic acids is 2. The molecule has 8 aliphatic rings. The number of aromatic nitrogens is 2. The lowest BCUT2D eigenvalue weighted by Crippen LogP contribution is -2.56. The molecule has 0 aliphatic heterocycles. The molecule has 8 saturated carbocycles. The fourth-order valence-electron chi connectivity index (χ4n) is 16.3. The van der Waals surface area contributed by atoms with Crippen molar-refractivity contribution in [1.82, 2.24) is 9.55 Å². The van der Waals surface area contributed by atoms with Crippen molar-refractivity contribution in [2.24, 2.45) is 80.8 Å². The highest BCUT2D eigenvalue weighted by Crippen LogP contribution is 2.70. The third kappa shape index (κ3) is 6.71. The van der Waals surface area contributed by atoms with Crippen LogP contribution in [0.5, 0.6) is 0 Å². The maximum absolute atomic E-state index is 13.3. The Hall–Kier alpha value is -1.05. The number of halogens is 1. The highest BCUT2D eigenvalue weighted by atomic mass is 79.9. The van der Waals surface area contributed by atoms with Gasteiger partial charge in [0.1, 0.15) is 7.15 Å². The molecule has 1 aromatic heterocycles. The van der Waals surface area contributed by atoms with Crippen molar-refractivity contribution in [1.29, 1.82) is 0 Å². The number of hydrogen-bond acceptors (Lipinski definition) is 5. The van der Waals surface area contributed by atoms with Gasteiger partial charge in [0.15, 0.2) is 5.78 Å². The van der Waals surface area contributed by atoms with Gasteiger partial charge >= 0.3 is 0 Å². The molecule has 8 fully saturated rings. The van der Waals surface area contributed by atoms with Crippen molar-refractivity contribution in [2.45, 2.75) is 188 Å². The quantitative estimate of drug-likeness (QED) is 0.267. The van der Waals surface area contributed by atoms with E-state index in [2.05, 4.69) is 48.6 Å². The summed E-state index contributed by atoms with van der Waals surface area (Å²) in [6.07, 6.45) is 15.6. The zero-order valence-electron chi connectivity index (χ0n) is 43.3. The largest absolute Gasteiger partial charge is 0.390 e. The molecule has 314 valence electrons. The minimum atomic E-state index is -2.17. The Morgan fingerprint density at radius 1 is 0.714 bits per heavy atom. The van der Waals surface area contributed by atoms with Gasteiger partial charge in [-0.3, -0.25) is 9.59 Å². The lowest BCUT2D eigenvalue weighted by molar-refractivity contribution is -0.154. The summed E-state index contributed by atoms with van der Waals surface area (Å²) in [6.45, 7) is 12.5. The Labute approximate surface area is 359 Å². The third-order valence-electron chi connectivity index (χ3n) is 19.8. The van der Waals surface area contributed by atoms with Crippen molar-refractivity contribution < 1.29 is 30.8 Å². The lowest BCUT2D eigenvalue weighted by Gasteiger charge is -2.62. The first kappa shape index (κ1) is 32.7. The number of rotatable bonds is 7. The molecule has 9 rings (SSSR count). The first-order valence-electron chi connectivity index (χ1n) is 26.6. The first-order chi connectivity index (χ1) is 29.4. The number of nitrogens with zero attached hydrogens (tertiary/aromatic N) is 2. The van der Waals surface area contributed by atoms with Gasteiger partial charge in [0.25, 0.3) is 0 Å².